The molecule has 0 aromatic heterocycles. The normalized spacial score (nSPS) is 31.9. The van der Waals surface area contributed by atoms with Crippen molar-refractivity contribution in [2.75, 3.05) is 11.5 Å². The molecule has 2 saturated heterocycles. The summed E-state index contributed by atoms with van der Waals surface area (Å²) in [5, 5.41) is 2.93. The van der Waals surface area contributed by atoms with Crippen LogP contribution in [0.2, 0.25) is 0 Å². The van der Waals surface area contributed by atoms with Gasteiger partial charge >= 0.3 is 0 Å². The second kappa shape index (κ2) is 6.37. The maximum atomic E-state index is 12.8. The van der Waals surface area contributed by atoms with Crippen LogP contribution < -0.4 is 5.32 Å². The van der Waals surface area contributed by atoms with Gasteiger partial charge in [-0.25, -0.2) is 0 Å². The Morgan fingerprint density at radius 3 is 2.40 bits per heavy atom. The number of piperazine rings is 1. The van der Waals surface area contributed by atoms with Crippen molar-refractivity contribution in [1.29, 1.82) is 0 Å². The molecule has 2 fully saturated rings. The molecule has 0 aromatic rings. The molecule has 0 radical (unpaired) electrons. The molecule has 2 rings (SSSR count). The Kier molecular flexibility index (Phi) is 4.99. The highest BCUT2D eigenvalue weighted by Gasteiger charge is 2.45. The smallest absolute Gasteiger partial charge is 0.246 e. The topological polar surface area (TPSA) is 49.4 Å². The van der Waals surface area contributed by atoms with E-state index in [0.29, 0.717) is 0 Å². The largest absolute Gasteiger partial charge is 0.342 e. The summed E-state index contributed by atoms with van der Waals surface area (Å²) in [5.41, 5.74) is 0. The Morgan fingerprint density at radius 1 is 1.20 bits per heavy atom. The molecule has 0 saturated carbocycles. The third-order valence-corrected chi connectivity index (χ3v) is 5.41. The highest BCUT2D eigenvalue weighted by Crippen LogP contribution is 2.29. The predicted octanol–water partition coefficient (Wildman–Crippen LogP) is 1.89. The SMILES string of the molecule is CC(C)C1NC(=O)C(C(C)C)N(C2CCCSC2)C1=O. The van der Waals surface area contributed by atoms with Crippen LogP contribution in [-0.4, -0.2) is 46.3 Å². The van der Waals surface area contributed by atoms with E-state index in [1.807, 2.05) is 44.4 Å². The average Bonchev–Trinajstić information content (AvgIpc) is 2.40. The standard InChI is InChI=1S/C15H26N2O2S/c1-9(2)12-15(19)17(11-6-5-7-20-8-11)13(10(3)4)14(18)16-12/h9-13H,5-8H2,1-4H3,(H,16,18). The van der Waals surface area contributed by atoms with Gasteiger partial charge in [0.15, 0.2) is 0 Å². The predicted molar refractivity (Wildman–Crippen MR) is 82.6 cm³/mol. The summed E-state index contributed by atoms with van der Waals surface area (Å²) in [6.07, 6.45) is 2.16. The molecule has 5 heteroatoms. The number of amides is 2. The van der Waals surface area contributed by atoms with Crippen molar-refractivity contribution in [2.45, 2.75) is 58.7 Å². The summed E-state index contributed by atoms with van der Waals surface area (Å²) >= 11 is 1.90. The number of carbonyl (C=O) groups excluding carboxylic acids is 2. The molecular weight excluding hydrogens is 272 g/mol. The monoisotopic (exact) mass is 298 g/mol. The van der Waals surface area contributed by atoms with Gasteiger partial charge in [0.25, 0.3) is 0 Å². The number of rotatable bonds is 3. The first-order chi connectivity index (χ1) is 9.43. The van der Waals surface area contributed by atoms with Crippen molar-refractivity contribution in [3.05, 3.63) is 0 Å². The van der Waals surface area contributed by atoms with Crippen molar-refractivity contribution in [2.24, 2.45) is 11.8 Å². The first kappa shape index (κ1) is 15.7. The van der Waals surface area contributed by atoms with E-state index in [0.717, 1.165) is 18.6 Å². The van der Waals surface area contributed by atoms with Crippen molar-refractivity contribution in [1.82, 2.24) is 10.2 Å². The number of hydrogen-bond acceptors (Lipinski definition) is 3. The Morgan fingerprint density at radius 2 is 1.90 bits per heavy atom. The number of hydrogen-bond donors (Lipinski definition) is 1. The van der Waals surface area contributed by atoms with E-state index in [2.05, 4.69) is 5.32 Å². The third kappa shape index (κ3) is 2.97. The first-order valence-corrected chi connectivity index (χ1v) is 8.79. The van der Waals surface area contributed by atoms with Gasteiger partial charge in [-0.3, -0.25) is 9.59 Å². The molecule has 2 amide bonds. The zero-order chi connectivity index (χ0) is 14.9. The molecule has 2 heterocycles. The summed E-state index contributed by atoms with van der Waals surface area (Å²) in [6.45, 7) is 8.03. The van der Waals surface area contributed by atoms with Crippen LogP contribution in [-0.2, 0) is 9.59 Å². The Hall–Kier alpha value is -0.710. The van der Waals surface area contributed by atoms with Crippen molar-refractivity contribution < 1.29 is 9.59 Å². The number of carbonyl (C=O) groups is 2. The third-order valence-electron chi connectivity index (χ3n) is 4.21. The van der Waals surface area contributed by atoms with Crippen LogP contribution in [0.5, 0.6) is 0 Å². The van der Waals surface area contributed by atoms with Gasteiger partial charge in [-0.15, -0.1) is 0 Å². The van der Waals surface area contributed by atoms with Crippen LogP contribution in [0.3, 0.4) is 0 Å². The van der Waals surface area contributed by atoms with Crippen LogP contribution in [0, 0.1) is 11.8 Å². The van der Waals surface area contributed by atoms with Crippen LogP contribution in [0.15, 0.2) is 0 Å². The van der Waals surface area contributed by atoms with E-state index in [9.17, 15) is 9.59 Å². The summed E-state index contributed by atoms with van der Waals surface area (Å²) in [5.74, 6) is 2.56. The average molecular weight is 298 g/mol. The molecule has 4 nitrogen and oxygen atoms in total. The molecule has 3 unspecified atom stereocenters. The van der Waals surface area contributed by atoms with E-state index < -0.39 is 0 Å². The number of thioether (sulfide) groups is 1. The van der Waals surface area contributed by atoms with E-state index >= 15 is 0 Å². The fraction of sp³-hybridized carbons (Fsp3) is 0.867. The van der Waals surface area contributed by atoms with Gasteiger partial charge in [0.05, 0.1) is 0 Å². The fourth-order valence-electron chi connectivity index (χ4n) is 3.15. The number of nitrogens with one attached hydrogen (secondary N) is 1. The maximum Gasteiger partial charge on any atom is 0.246 e. The lowest BCUT2D eigenvalue weighted by Crippen LogP contribution is -2.68. The molecular formula is C15H26N2O2S. The van der Waals surface area contributed by atoms with Gasteiger partial charge in [-0.1, -0.05) is 27.7 Å². The molecule has 1 N–H and O–H groups in total. The molecule has 0 spiro atoms. The van der Waals surface area contributed by atoms with Crippen LogP contribution >= 0.6 is 11.8 Å². The minimum Gasteiger partial charge on any atom is -0.342 e. The minimum absolute atomic E-state index is 0.0221. The maximum absolute atomic E-state index is 12.8. The lowest BCUT2D eigenvalue weighted by atomic mass is 9.91. The van der Waals surface area contributed by atoms with Crippen molar-refractivity contribution in [3.63, 3.8) is 0 Å². The lowest BCUT2D eigenvalue weighted by molar-refractivity contribution is -0.155. The van der Waals surface area contributed by atoms with Gasteiger partial charge in [-0.2, -0.15) is 11.8 Å². The summed E-state index contributed by atoms with van der Waals surface area (Å²) in [6, 6.07) is -0.438. The zero-order valence-electron chi connectivity index (χ0n) is 12.9. The Balaban J connectivity index is 2.28. The second-order valence-electron chi connectivity index (χ2n) is 6.54. The highest BCUT2D eigenvalue weighted by molar-refractivity contribution is 7.99. The molecule has 2 aliphatic rings. The van der Waals surface area contributed by atoms with Gasteiger partial charge in [-0.05, 0) is 30.4 Å². The first-order valence-electron chi connectivity index (χ1n) is 7.63. The highest BCUT2D eigenvalue weighted by atomic mass is 32.2. The lowest BCUT2D eigenvalue weighted by Gasteiger charge is -2.46. The van der Waals surface area contributed by atoms with Gasteiger partial charge in [0.2, 0.25) is 11.8 Å². The molecule has 3 atom stereocenters. The molecule has 0 aromatic carbocycles. The summed E-state index contributed by atoms with van der Waals surface area (Å²) in [7, 11) is 0. The number of nitrogens with zero attached hydrogens (tertiary/aromatic N) is 1. The second-order valence-corrected chi connectivity index (χ2v) is 7.69. The van der Waals surface area contributed by atoms with Crippen LogP contribution in [0.1, 0.15) is 40.5 Å². The fourth-order valence-corrected chi connectivity index (χ4v) is 4.29. The van der Waals surface area contributed by atoms with Gasteiger partial charge in [0, 0.05) is 11.8 Å². The van der Waals surface area contributed by atoms with E-state index in [1.165, 1.54) is 5.75 Å². The van der Waals surface area contributed by atoms with Gasteiger partial charge < -0.3 is 10.2 Å². The van der Waals surface area contributed by atoms with E-state index in [4.69, 9.17) is 0 Å². The Labute approximate surface area is 126 Å². The van der Waals surface area contributed by atoms with Crippen molar-refractivity contribution >= 4 is 23.6 Å². The van der Waals surface area contributed by atoms with E-state index in [-0.39, 0.29) is 41.8 Å². The summed E-state index contributed by atoms with van der Waals surface area (Å²) in [4.78, 5) is 27.2. The Bertz CT molecular complexity index is 378. The van der Waals surface area contributed by atoms with Gasteiger partial charge in [0.1, 0.15) is 12.1 Å². The van der Waals surface area contributed by atoms with Crippen molar-refractivity contribution in [3.8, 4) is 0 Å². The quantitative estimate of drug-likeness (QED) is 0.865. The molecule has 0 bridgehead atoms. The van der Waals surface area contributed by atoms with Crippen LogP contribution in [0.25, 0.3) is 0 Å². The zero-order valence-corrected chi connectivity index (χ0v) is 13.7. The minimum atomic E-state index is -0.357. The molecule has 2 aliphatic heterocycles. The van der Waals surface area contributed by atoms with Crippen LogP contribution in [0.4, 0.5) is 0 Å². The molecule has 20 heavy (non-hydrogen) atoms. The summed E-state index contributed by atoms with van der Waals surface area (Å²) < 4.78 is 0. The van der Waals surface area contributed by atoms with E-state index in [1.54, 1.807) is 0 Å². The molecule has 0 aliphatic carbocycles. The molecule has 114 valence electrons.